The minimum atomic E-state index is -0.618. The van der Waals surface area contributed by atoms with Crippen LogP contribution >= 0.6 is 11.8 Å². The Hall–Kier alpha value is -2.38. The minimum Gasteiger partial charge on any atom is -0.491 e. The third-order valence-corrected chi connectivity index (χ3v) is 4.69. The van der Waals surface area contributed by atoms with Gasteiger partial charge in [0.15, 0.2) is 0 Å². The second kappa shape index (κ2) is 8.13. The summed E-state index contributed by atoms with van der Waals surface area (Å²) in [6.45, 7) is 4.24. The second-order valence-corrected chi connectivity index (χ2v) is 6.74. The highest BCUT2D eigenvalue weighted by molar-refractivity contribution is 7.99. The van der Waals surface area contributed by atoms with Crippen molar-refractivity contribution in [1.82, 2.24) is 20.2 Å². The summed E-state index contributed by atoms with van der Waals surface area (Å²) >= 11 is 1.40. The van der Waals surface area contributed by atoms with E-state index in [1.54, 1.807) is 4.68 Å². The number of rotatable bonds is 7. The van der Waals surface area contributed by atoms with Gasteiger partial charge in [0.25, 0.3) is 0 Å². The Morgan fingerprint density at radius 2 is 2.00 bits per heavy atom. The number of aliphatic hydroxyl groups excluding tert-OH is 1. The Kier molecular flexibility index (Phi) is 5.67. The third kappa shape index (κ3) is 4.58. The van der Waals surface area contributed by atoms with Crippen molar-refractivity contribution in [3.05, 3.63) is 59.7 Å². The smallest absolute Gasteiger partial charge is 0.214 e. The van der Waals surface area contributed by atoms with Crippen LogP contribution in [0.5, 0.6) is 5.75 Å². The fourth-order valence-electron chi connectivity index (χ4n) is 2.34. The van der Waals surface area contributed by atoms with Crippen LogP contribution in [-0.2, 0) is 0 Å². The molecule has 2 aromatic carbocycles. The molecule has 0 spiro atoms. The predicted molar refractivity (Wildman–Crippen MR) is 97.3 cm³/mol. The Balaban J connectivity index is 1.57. The Morgan fingerprint density at radius 1 is 1.16 bits per heavy atom. The van der Waals surface area contributed by atoms with Gasteiger partial charge in [0.05, 0.1) is 11.8 Å². The largest absolute Gasteiger partial charge is 0.491 e. The Bertz CT molecular complexity index is 837. The van der Waals surface area contributed by atoms with Crippen molar-refractivity contribution in [3.63, 3.8) is 0 Å². The molecule has 0 radical (unpaired) electrons. The van der Waals surface area contributed by atoms with E-state index in [1.807, 2.05) is 62.4 Å². The highest BCUT2D eigenvalue weighted by Crippen LogP contribution is 2.21. The van der Waals surface area contributed by atoms with Crippen LogP contribution in [0.1, 0.15) is 11.1 Å². The van der Waals surface area contributed by atoms with E-state index in [-0.39, 0.29) is 6.61 Å². The van der Waals surface area contributed by atoms with E-state index in [0.29, 0.717) is 10.9 Å². The van der Waals surface area contributed by atoms with Gasteiger partial charge >= 0.3 is 0 Å². The van der Waals surface area contributed by atoms with Gasteiger partial charge < -0.3 is 9.84 Å². The van der Waals surface area contributed by atoms with Gasteiger partial charge in [-0.05, 0) is 53.6 Å². The summed E-state index contributed by atoms with van der Waals surface area (Å²) in [4.78, 5) is 0. The zero-order valence-corrected chi connectivity index (χ0v) is 15.0. The van der Waals surface area contributed by atoms with E-state index in [4.69, 9.17) is 4.74 Å². The second-order valence-electron chi connectivity index (χ2n) is 5.75. The Labute approximate surface area is 150 Å². The SMILES string of the molecule is Cc1cccc(OC[C@H](O)CSc2nnnn2-c2ccccc2C)c1. The first-order valence-electron chi connectivity index (χ1n) is 7.98. The van der Waals surface area contributed by atoms with Gasteiger partial charge in [0.1, 0.15) is 12.4 Å². The number of aryl methyl sites for hydroxylation is 2. The van der Waals surface area contributed by atoms with Crippen LogP contribution in [0, 0.1) is 13.8 Å². The maximum atomic E-state index is 10.2. The summed E-state index contributed by atoms with van der Waals surface area (Å²) < 4.78 is 7.32. The molecule has 0 aliphatic rings. The molecule has 1 atom stereocenters. The van der Waals surface area contributed by atoms with Crippen molar-refractivity contribution < 1.29 is 9.84 Å². The molecule has 3 aromatic rings. The number of nitrogens with zero attached hydrogens (tertiary/aromatic N) is 4. The van der Waals surface area contributed by atoms with Gasteiger partial charge in [-0.15, -0.1) is 5.10 Å². The van der Waals surface area contributed by atoms with Crippen LogP contribution in [-0.4, -0.2) is 43.8 Å². The molecule has 0 aliphatic heterocycles. The maximum absolute atomic E-state index is 10.2. The zero-order chi connectivity index (χ0) is 17.6. The summed E-state index contributed by atoms with van der Waals surface area (Å²) in [5.41, 5.74) is 3.14. The molecule has 25 heavy (non-hydrogen) atoms. The van der Waals surface area contributed by atoms with Crippen LogP contribution in [0.3, 0.4) is 0 Å². The quantitative estimate of drug-likeness (QED) is 0.656. The van der Waals surface area contributed by atoms with Crippen LogP contribution < -0.4 is 4.74 Å². The van der Waals surface area contributed by atoms with Gasteiger partial charge in [0.2, 0.25) is 5.16 Å². The number of para-hydroxylation sites is 1. The number of aromatic nitrogens is 4. The lowest BCUT2D eigenvalue weighted by Gasteiger charge is -2.12. The molecule has 1 aromatic heterocycles. The van der Waals surface area contributed by atoms with Crippen LogP contribution in [0.15, 0.2) is 53.7 Å². The van der Waals surface area contributed by atoms with Gasteiger partial charge in [-0.1, -0.05) is 42.1 Å². The molecule has 6 nitrogen and oxygen atoms in total. The number of hydrogen-bond acceptors (Lipinski definition) is 6. The lowest BCUT2D eigenvalue weighted by Crippen LogP contribution is -2.20. The number of ether oxygens (including phenoxy) is 1. The summed E-state index contributed by atoms with van der Waals surface area (Å²) in [6.07, 6.45) is -0.618. The monoisotopic (exact) mass is 356 g/mol. The fourth-order valence-corrected chi connectivity index (χ4v) is 3.13. The fraction of sp³-hybridized carbons (Fsp3) is 0.278. The van der Waals surface area contributed by atoms with Crippen molar-refractivity contribution in [3.8, 4) is 11.4 Å². The molecule has 0 saturated carbocycles. The first kappa shape index (κ1) is 17.4. The lowest BCUT2D eigenvalue weighted by molar-refractivity contribution is 0.126. The molecular weight excluding hydrogens is 336 g/mol. The highest BCUT2D eigenvalue weighted by atomic mass is 32.2. The molecule has 130 valence electrons. The lowest BCUT2D eigenvalue weighted by atomic mass is 10.2. The predicted octanol–water partition coefficient (Wildman–Crippen LogP) is 2.81. The normalized spacial score (nSPS) is 12.1. The molecule has 0 fully saturated rings. The van der Waals surface area contributed by atoms with Gasteiger partial charge in [0, 0.05) is 5.75 Å². The van der Waals surface area contributed by atoms with E-state index in [1.165, 1.54) is 11.8 Å². The average molecular weight is 356 g/mol. The summed E-state index contributed by atoms with van der Waals surface area (Å²) in [5.74, 6) is 1.20. The van der Waals surface area contributed by atoms with E-state index in [9.17, 15) is 5.11 Å². The summed E-state index contributed by atoms with van der Waals surface area (Å²) in [6, 6.07) is 15.7. The molecular formula is C18H20N4O2S. The molecule has 0 saturated heterocycles. The van der Waals surface area contributed by atoms with E-state index in [2.05, 4.69) is 15.5 Å². The first-order valence-corrected chi connectivity index (χ1v) is 8.97. The van der Waals surface area contributed by atoms with Gasteiger partial charge in [-0.25, -0.2) is 0 Å². The summed E-state index contributed by atoms with van der Waals surface area (Å²) in [7, 11) is 0. The Morgan fingerprint density at radius 3 is 2.80 bits per heavy atom. The summed E-state index contributed by atoms with van der Waals surface area (Å²) in [5, 5.41) is 22.7. The van der Waals surface area contributed by atoms with Crippen molar-refractivity contribution in [1.29, 1.82) is 0 Å². The molecule has 0 unspecified atom stereocenters. The van der Waals surface area contributed by atoms with E-state index >= 15 is 0 Å². The zero-order valence-electron chi connectivity index (χ0n) is 14.2. The van der Waals surface area contributed by atoms with Gasteiger partial charge in [-0.3, -0.25) is 0 Å². The van der Waals surface area contributed by atoms with Crippen molar-refractivity contribution in [2.45, 2.75) is 25.1 Å². The average Bonchev–Trinajstić information content (AvgIpc) is 3.07. The number of hydrogen-bond donors (Lipinski definition) is 1. The van der Waals surface area contributed by atoms with E-state index < -0.39 is 6.10 Å². The molecule has 0 aliphatic carbocycles. The van der Waals surface area contributed by atoms with Gasteiger partial charge in [-0.2, -0.15) is 4.68 Å². The molecule has 0 amide bonds. The standard InChI is InChI=1S/C18H20N4O2S/c1-13-6-5-8-16(10-13)24-11-15(23)12-25-18-19-20-21-22(18)17-9-4-3-7-14(17)2/h3-10,15,23H,11-12H2,1-2H3/t15-/m0/s1. The topological polar surface area (TPSA) is 73.1 Å². The van der Waals surface area contributed by atoms with Crippen molar-refractivity contribution in [2.75, 3.05) is 12.4 Å². The number of tetrazole rings is 1. The van der Waals surface area contributed by atoms with Crippen molar-refractivity contribution >= 4 is 11.8 Å². The maximum Gasteiger partial charge on any atom is 0.214 e. The molecule has 1 heterocycles. The molecule has 1 N–H and O–H groups in total. The number of thioether (sulfide) groups is 1. The van der Waals surface area contributed by atoms with Crippen LogP contribution in [0.4, 0.5) is 0 Å². The molecule has 7 heteroatoms. The molecule has 0 bridgehead atoms. The molecule has 3 rings (SSSR count). The minimum absolute atomic E-state index is 0.225. The van der Waals surface area contributed by atoms with E-state index in [0.717, 1.165) is 22.6 Å². The first-order chi connectivity index (χ1) is 12.1. The van der Waals surface area contributed by atoms with Crippen LogP contribution in [0.25, 0.3) is 5.69 Å². The third-order valence-electron chi connectivity index (χ3n) is 3.62. The van der Waals surface area contributed by atoms with Crippen LogP contribution in [0.2, 0.25) is 0 Å². The number of aliphatic hydroxyl groups is 1. The number of benzene rings is 2. The van der Waals surface area contributed by atoms with Crippen molar-refractivity contribution in [2.24, 2.45) is 0 Å². The highest BCUT2D eigenvalue weighted by Gasteiger charge is 2.13.